The topological polar surface area (TPSA) is 63.7 Å². The Morgan fingerprint density at radius 1 is 1.03 bits per heavy atom. The molecule has 36 heavy (non-hydrogen) atoms. The van der Waals surface area contributed by atoms with Crippen LogP contribution < -0.4 is 9.47 Å². The predicted molar refractivity (Wildman–Crippen MR) is 134 cm³/mol. The largest absolute Gasteiger partial charge is 0.497 e. The molecule has 8 nitrogen and oxygen atoms in total. The molecule has 0 bridgehead atoms. The van der Waals surface area contributed by atoms with Crippen molar-refractivity contribution in [2.45, 2.75) is 12.6 Å². The highest BCUT2D eigenvalue weighted by Crippen LogP contribution is 2.24. The molecule has 196 valence electrons. The maximum absolute atomic E-state index is 14.5. The second kappa shape index (κ2) is 13.0. The van der Waals surface area contributed by atoms with Crippen LogP contribution in [0.4, 0.5) is 4.39 Å². The maximum Gasteiger partial charge on any atom is 0.256 e. The summed E-state index contributed by atoms with van der Waals surface area (Å²) in [6, 6.07) is 12.0. The third-order valence-electron chi connectivity index (χ3n) is 6.65. The molecular weight excluding hydrogens is 465 g/mol. The fourth-order valence-electron chi connectivity index (χ4n) is 4.66. The Morgan fingerprint density at radius 3 is 2.42 bits per heavy atom. The number of hydrogen-bond donors (Lipinski definition) is 0. The van der Waals surface area contributed by atoms with E-state index in [-0.39, 0.29) is 17.6 Å². The molecule has 2 heterocycles. The van der Waals surface area contributed by atoms with E-state index in [0.29, 0.717) is 52.5 Å². The summed E-state index contributed by atoms with van der Waals surface area (Å²) < 4.78 is 36.8. The molecule has 0 spiro atoms. The van der Waals surface area contributed by atoms with Crippen LogP contribution in [0.15, 0.2) is 42.5 Å². The molecule has 2 aromatic carbocycles. The third-order valence-corrected chi connectivity index (χ3v) is 6.65. The molecular formula is C27H36FN3O5. The minimum absolute atomic E-state index is 0.0932. The summed E-state index contributed by atoms with van der Waals surface area (Å²) in [6.07, 6.45) is -0.174. The minimum atomic E-state index is -0.503. The first kappa shape index (κ1) is 26.3. The normalized spacial score (nSPS) is 19.1. The number of amides is 1. The predicted octanol–water partition coefficient (Wildman–Crippen LogP) is 2.52. The lowest BCUT2D eigenvalue weighted by atomic mass is 10.1. The molecule has 2 aliphatic heterocycles. The van der Waals surface area contributed by atoms with E-state index in [4.69, 9.17) is 18.9 Å². The summed E-state index contributed by atoms with van der Waals surface area (Å²) in [5.74, 6) is 0.689. The van der Waals surface area contributed by atoms with Gasteiger partial charge >= 0.3 is 0 Å². The first-order valence-electron chi connectivity index (χ1n) is 12.5. The molecule has 2 saturated heterocycles. The number of carbonyl (C=O) groups excluding carboxylic acids is 1. The summed E-state index contributed by atoms with van der Waals surface area (Å²) in [6.45, 7) is 7.38. The number of benzene rings is 2. The molecule has 0 aliphatic carbocycles. The van der Waals surface area contributed by atoms with Crippen molar-refractivity contribution in [1.82, 2.24) is 14.7 Å². The molecule has 1 unspecified atom stereocenters. The second-order valence-corrected chi connectivity index (χ2v) is 9.13. The molecule has 2 fully saturated rings. The van der Waals surface area contributed by atoms with Gasteiger partial charge in [-0.05, 0) is 29.8 Å². The van der Waals surface area contributed by atoms with Crippen molar-refractivity contribution in [3.63, 3.8) is 0 Å². The third kappa shape index (κ3) is 7.16. The molecule has 0 N–H and O–H groups in total. The van der Waals surface area contributed by atoms with Crippen LogP contribution in [0, 0.1) is 5.82 Å². The highest BCUT2D eigenvalue weighted by Gasteiger charge is 2.27. The highest BCUT2D eigenvalue weighted by atomic mass is 19.1. The molecule has 2 aliphatic rings. The van der Waals surface area contributed by atoms with Gasteiger partial charge < -0.3 is 23.8 Å². The monoisotopic (exact) mass is 501 g/mol. The summed E-state index contributed by atoms with van der Waals surface area (Å²) in [4.78, 5) is 19.7. The van der Waals surface area contributed by atoms with Crippen LogP contribution in [0.5, 0.6) is 11.5 Å². The Labute approximate surface area is 212 Å². The van der Waals surface area contributed by atoms with E-state index in [9.17, 15) is 9.18 Å². The lowest BCUT2D eigenvalue weighted by Gasteiger charge is -2.37. The van der Waals surface area contributed by atoms with Gasteiger partial charge in [0.05, 0.1) is 45.7 Å². The van der Waals surface area contributed by atoms with E-state index in [1.165, 1.54) is 6.07 Å². The number of rotatable bonds is 10. The Kier molecular flexibility index (Phi) is 9.52. The van der Waals surface area contributed by atoms with Crippen molar-refractivity contribution in [2.24, 2.45) is 0 Å². The smallest absolute Gasteiger partial charge is 0.256 e. The van der Waals surface area contributed by atoms with Gasteiger partial charge in [-0.2, -0.15) is 0 Å². The van der Waals surface area contributed by atoms with Crippen LogP contribution in [0.25, 0.3) is 0 Å². The van der Waals surface area contributed by atoms with Crippen molar-refractivity contribution in [3.05, 3.63) is 59.4 Å². The Balaban J connectivity index is 1.43. The van der Waals surface area contributed by atoms with Crippen LogP contribution in [0.1, 0.15) is 15.9 Å². The molecule has 1 amide bonds. The van der Waals surface area contributed by atoms with Crippen molar-refractivity contribution >= 4 is 5.91 Å². The zero-order valence-electron chi connectivity index (χ0n) is 21.2. The van der Waals surface area contributed by atoms with Gasteiger partial charge in [-0.15, -0.1) is 0 Å². The zero-order valence-corrected chi connectivity index (χ0v) is 21.2. The Morgan fingerprint density at radius 2 is 1.72 bits per heavy atom. The lowest BCUT2D eigenvalue weighted by Crippen LogP contribution is -2.50. The molecule has 4 rings (SSSR count). The van der Waals surface area contributed by atoms with Crippen molar-refractivity contribution in [3.8, 4) is 11.5 Å². The van der Waals surface area contributed by atoms with Gasteiger partial charge in [0, 0.05) is 58.4 Å². The number of hydrogen-bond acceptors (Lipinski definition) is 7. The highest BCUT2D eigenvalue weighted by molar-refractivity contribution is 5.94. The van der Waals surface area contributed by atoms with E-state index >= 15 is 0 Å². The molecule has 0 radical (unpaired) electrons. The molecule has 1 atom stereocenters. The number of carbonyl (C=O) groups is 1. The summed E-state index contributed by atoms with van der Waals surface area (Å²) in [5, 5.41) is 0. The van der Waals surface area contributed by atoms with E-state index in [1.807, 2.05) is 18.2 Å². The number of morpholine rings is 2. The Hall–Kier alpha value is -2.72. The molecule has 0 aromatic heterocycles. The van der Waals surface area contributed by atoms with Crippen LogP contribution in [-0.4, -0.2) is 107 Å². The van der Waals surface area contributed by atoms with Gasteiger partial charge in [0.15, 0.2) is 0 Å². The molecule has 2 aromatic rings. The van der Waals surface area contributed by atoms with Crippen molar-refractivity contribution < 1.29 is 28.1 Å². The maximum atomic E-state index is 14.5. The fourth-order valence-corrected chi connectivity index (χ4v) is 4.66. The standard InChI is InChI=1S/C27H36FN3O5/c1-33-22-15-21(16-23(17-22)34-2)18-30-11-14-36-24(19-30)20-31(8-7-29-9-12-35-13-10-29)27(32)25-5-3-4-6-26(25)28/h3-6,15-17,24H,7-14,18-20H2,1-2H3. The van der Waals surface area contributed by atoms with Gasteiger partial charge in [-0.3, -0.25) is 14.6 Å². The SMILES string of the molecule is COc1cc(CN2CCOC(CN(CCN3CCOCC3)C(=O)c3ccccc3F)C2)cc(OC)c1. The van der Waals surface area contributed by atoms with Crippen molar-refractivity contribution in [1.29, 1.82) is 0 Å². The number of halogens is 1. The van der Waals surface area contributed by atoms with Crippen LogP contribution >= 0.6 is 0 Å². The lowest BCUT2D eigenvalue weighted by molar-refractivity contribution is -0.0443. The second-order valence-electron chi connectivity index (χ2n) is 9.13. The summed E-state index contributed by atoms with van der Waals surface area (Å²) >= 11 is 0. The summed E-state index contributed by atoms with van der Waals surface area (Å²) in [7, 11) is 3.28. The van der Waals surface area contributed by atoms with Gasteiger partial charge in [0.25, 0.3) is 5.91 Å². The van der Waals surface area contributed by atoms with Gasteiger partial charge in [0.1, 0.15) is 17.3 Å². The minimum Gasteiger partial charge on any atom is -0.497 e. The van der Waals surface area contributed by atoms with Crippen LogP contribution in [-0.2, 0) is 16.0 Å². The number of nitrogens with zero attached hydrogens (tertiary/aromatic N) is 3. The quantitative estimate of drug-likeness (QED) is 0.496. The fraction of sp³-hybridized carbons (Fsp3) is 0.519. The van der Waals surface area contributed by atoms with Crippen LogP contribution in [0.2, 0.25) is 0 Å². The first-order chi connectivity index (χ1) is 17.6. The van der Waals surface area contributed by atoms with E-state index in [1.54, 1.807) is 37.3 Å². The van der Waals surface area contributed by atoms with Gasteiger partial charge in [0.2, 0.25) is 0 Å². The average Bonchev–Trinajstić information content (AvgIpc) is 2.91. The first-order valence-corrected chi connectivity index (χ1v) is 12.5. The molecule has 9 heteroatoms. The Bertz CT molecular complexity index is 979. The zero-order chi connectivity index (χ0) is 25.3. The van der Waals surface area contributed by atoms with Gasteiger partial charge in [-0.25, -0.2) is 4.39 Å². The number of methoxy groups -OCH3 is 2. The average molecular weight is 502 g/mol. The van der Waals surface area contributed by atoms with Crippen molar-refractivity contribution in [2.75, 3.05) is 79.9 Å². The summed E-state index contributed by atoms with van der Waals surface area (Å²) in [5.41, 5.74) is 1.18. The van der Waals surface area contributed by atoms with Crippen LogP contribution in [0.3, 0.4) is 0 Å². The number of ether oxygens (including phenoxy) is 4. The van der Waals surface area contributed by atoms with Gasteiger partial charge in [-0.1, -0.05) is 12.1 Å². The molecule has 0 saturated carbocycles. The van der Waals surface area contributed by atoms with E-state index in [0.717, 1.165) is 36.7 Å². The van der Waals surface area contributed by atoms with E-state index in [2.05, 4.69) is 9.80 Å². The van der Waals surface area contributed by atoms with E-state index < -0.39 is 5.82 Å².